The topological polar surface area (TPSA) is 100 Å². The highest BCUT2D eigenvalue weighted by atomic mass is 16.6. The highest BCUT2D eigenvalue weighted by Gasteiger charge is 2.12. The summed E-state index contributed by atoms with van der Waals surface area (Å²) in [5.74, 6) is 0.596. The minimum absolute atomic E-state index is 0.00436. The lowest BCUT2D eigenvalue weighted by Crippen LogP contribution is -2.19. The third-order valence-corrected chi connectivity index (χ3v) is 4.00. The highest BCUT2D eigenvalue weighted by Crippen LogP contribution is 2.33. The highest BCUT2D eigenvalue weighted by molar-refractivity contribution is 5.73. The van der Waals surface area contributed by atoms with Crippen LogP contribution in [0.3, 0.4) is 0 Å². The Labute approximate surface area is 149 Å². The van der Waals surface area contributed by atoms with E-state index < -0.39 is 4.92 Å². The summed E-state index contributed by atoms with van der Waals surface area (Å²) in [7, 11) is 1.54. The van der Waals surface area contributed by atoms with E-state index in [1.54, 1.807) is 37.6 Å². The van der Waals surface area contributed by atoms with Crippen molar-refractivity contribution in [3.63, 3.8) is 0 Å². The van der Waals surface area contributed by atoms with Gasteiger partial charge in [-0.05, 0) is 29.3 Å². The number of benzene rings is 2. The quantitative estimate of drug-likeness (QED) is 0.562. The summed E-state index contributed by atoms with van der Waals surface area (Å²) >= 11 is 0. The first-order valence-corrected chi connectivity index (χ1v) is 7.85. The monoisotopic (exact) mass is 351 g/mol. The molecule has 0 radical (unpaired) electrons. The van der Waals surface area contributed by atoms with Crippen LogP contribution in [0.5, 0.6) is 5.75 Å². The van der Waals surface area contributed by atoms with Crippen LogP contribution in [-0.4, -0.2) is 16.6 Å². The van der Waals surface area contributed by atoms with Crippen molar-refractivity contribution in [2.24, 2.45) is 0 Å². The Bertz CT molecular complexity index is 1030. The van der Waals surface area contributed by atoms with Crippen molar-refractivity contribution in [1.29, 1.82) is 0 Å². The standard InChI is InChI=1S/C19H17N3O4/c1-26-18-6-5-13(12-21-8-7-15(20)11-19(21)23)9-17(18)14-3-2-4-16(10-14)22(24)25/h2-11H,12,20H2,1H3. The molecule has 0 aliphatic rings. The summed E-state index contributed by atoms with van der Waals surface area (Å²) in [5, 5.41) is 11.0. The maximum atomic E-state index is 12.0. The molecular weight excluding hydrogens is 334 g/mol. The lowest BCUT2D eigenvalue weighted by molar-refractivity contribution is -0.384. The lowest BCUT2D eigenvalue weighted by Gasteiger charge is -2.12. The van der Waals surface area contributed by atoms with E-state index in [1.807, 2.05) is 12.1 Å². The van der Waals surface area contributed by atoms with Crippen LogP contribution in [0, 0.1) is 10.1 Å². The number of nitro groups is 1. The molecule has 0 aliphatic carbocycles. The number of hydrogen-bond donors (Lipinski definition) is 1. The van der Waals surface area contributed by atoms with Gasteiger partial charge in [0.1, 0.15) is 5.75 Å². The van der Waals surface area contributed by atoms with E-state index >= 15 is 0 Å². The minimum atomic E-state index is -0.437. The van der Waals surface area contributed by atoms with Crippen molar-refractivity contribution in [3.8, 4) is 16.9 Å². The molecule has 0 spiro atoms. The predicted octanol–water partition coefficient (Wildman–Crippen LogP) is 3.06. The molecule has 3 rings (SSSR count). The van der Waals surface area contributed by atoms with Crippen molar-refractivity contribution in [3.05, 3.63) is 86.8 Å². The van der Waals surface area contributed by atoms with Crippen molar-refractivity contribution >= 4 is 11.4 Å². The van der Waals surface area contributed by atoms with E-state index in [-0.39, 0.29) is 11.2 Å². The van der Waals surface area contributed by atoms with Crippen molar-refractivity contribution in [1.82, 2.24) is 4.57 Å². The number of hydrogen-bond acceptors (Lipinski definition) is 5. The van der Waals surface area contributed by atoms with Gasteiger partial charge in [-0.2, -0.15) is 0 Å². The van der Waals surface area contributed by atoms with Gasteiger partial charge < -0.3 is 15.0 Å². The molecule has 0 bridgehead atoms. The van der Waals surface area contributed by atoms with Gasteiger partial charge in [-0.3, -0.25) is 14.9 Å². The number of nitrogens with two attached hydrogens (primary N) is 1. The number of nitrogens with zero attached hydrogens (tertiary/aromatic N) is 2. The Hall–Kier alpha value is -3.61. The molecule has 0 saturated heterocycles. The molecule has 0 fully saturated rings. The summed E-state index contributed by atoms with van der Waals surface area (Å²) in [5.41, 5.74) is 8.08. The van der Waals surface area contributed by atoms with Crippen LogP contribution in [0.15, 0.2) is 65.6 Å². The zero-order valence-electron chi connectivity index (χ0n) is 14.1. The zero-order valence-corrected chi connectivity index (χ0v) is 14.1. The van der Waals surface area contributed by atoms with E-state index in [9.17, 15) is 14.9 Å². The van der Waals surface area contributed by atoms with Gasteiger partial charge in [0.25, 0.3) is 11.2 Å². The third kappa shape index (κ3) is 3.56. The number of methoxy groups -OCH3 is 1. The number of ether oxygens (including phenoxy) is 1. The zero-order chi connectivity index (χ0) is 18.7. The van der Waals surface area contributed by atoms with Crippen LogP contribution in [0.4, 0.5) is 11.4 Å². The van der Waals surface area contributed by atoms with Crippen LogP contribution in [0.1, 0.15) is 5.56 Å². The van der Waals surface area contributed by atoms with Crippen LogP contribution in [-0.2, 0) is 6.54 Å². The number of pyridine rings is 1. The van der Waals surface area contributed by atoms with Crippen molar-refractivity contribution in [2.45, 2.75) is 6.54 Å². The Kier molecular flexibility index (Phi) is 4.70. The second-order valence-corrected chi connectivity index (χ2v) is 5.77. The Morgan fingerprint density at radius 2 is 1.96 bits per heavy atom. The fourth-order valence-corrected chi connectivity index (χ4v) is 2.72. The SMILES string of the molecule is COc1ccc(Cn2ccc(N)cc2=O)cc1-c1cccc([N+](=O)[O-])c1. The molecule has 2 N–H and O–H groups in total. The second-order valence-electron chi connectivity index (χ2n) is 5.77. The second kappa shape index (κ2) is 7.10. The number of anilines is 1. The summed E-state index contributed by atoms with van der Waals surface area (Å²) in [6.07, 6.45) is 1.63. The molecule has 0 atom stereocenters. The molecule has 3 aromatic rings. The normalized spacial score (nSPS) is 10.5. The third-order valence-electron chi connectivity index (χ3n) is 4.00. The van der Waals surface area contributed by atoms with Gasteiger partial charge >= 0.3 is 0 Å². The van der Waals surface area contributed by atoms with Gasteiger partial charge in [0, 0.05) is 35.6 Å². The van der Waals surface area contributed by atoms with Crippen molar-refractivity contribution in [2.75, 3.05) is 12.8 Å². The Balaban J connectivity index is 2.03. The van der Waals surface area contributed by atoms with Crippen LogP contribution >= 0.6 is 0 Å². The summed E-state index contributed by atoms with van der Waals surface area (Å²) in [6.45, 7) is 0.352. The summed E-state index contributed by atoms with van der Waals surface area (Å²) < 4.78 is 6.93. The Morgan fingerprint density at radius 3 is 2.65 bits per heavy atom. The fraction of sp³-hybridized carbons (Fsp3) is 0.105. The van der Waals surface area contributed by atoms with Gasteiger partial charge in [0.15, 0.2) is 0 Å². The maximum absolute atomic E-state index is 12.0. The molecule has 1 aromatic heterocycles. The van der Waals surface area contributed by atoms with Gasteiger partial charge in [-0.15, -0.1) is 0 Å². The lowest BCUT2D eigenvalue weighted by atomic mass is 10.0. The van der Waals surface area contributed by atoms with Crippen LogP contribution < -0.4 is 16.0 Å². The average Bonchev–Trinajstić information content (AvgIpc) is 2.64. The molecule has 7 heteroatoms. The molecule has 1 heterocycles. The largest absolute Gasteiger partial charge is 0.496 e. The molecule has 0 aliphatic heterocycles. The van der Waals surface area contributed by atoms with E-state index in [0.29, 0.717) is 23.5 Å². The number of nitro benzene ring substituents is 1. The number of rotatable bonds is 5. The van der Waals surface area contributed by atoms with Gasteiger partial charge in [-0.25, -0.2) is 0 Å². The molecule has 0 saturated carbocycles. The molecule has 7 nitrogen and oxygen atoms in total. The average molecular weight is 351 g/mol. The molecular formula is C19H17N3O4. The van der Waals surface area contributed by atoms with Gasteiger partial charge in [0.05, 0.1) is 18.6 Å². The van der Waals surface area contributed by atoms with E-state index in [1.165, 1.54) is 22.8 Å². The Morgan fingerprint density at radius 1 is 1.15 bits per heavy atom. The number of nitrogen functional groups attached to an aromatic ring is 1. The first-order chi connectivity index (χ1) is 12.5. The smallest absolute Gasteiger partial charge is 0.270 e. The first-order valence-electron chi connectivity index (χ1n) is 7.85. The number of non-ortho nitro benzene ring substituents is 1. The van der Waals surface area contributed by atoms with Gasteiger partial charge in [0.2, 0.25) is 0 Å². The summed E-state index contributed by atoms with van der Waals surface area (Å²) in [4.78, 5) is 22.6. The van der Waals surface area contributed by atoms with Crippen molar-refractivity contribution < 1.29 is 9.66 Å². The molecule has 0 unspecified atom stereocenters. The molecule has 2 aromatic carbocycles. The minimum Gasteiger partial charge on any atom is -0.496 e. The van der Waals surface area contributed by atoms with E-state index in [4.69, 9.17) is 10.5 Å². The van der Waals surface area contributed by atoms with Crippen LogP contribution in [0.2, 0.25) is 0 Å². The van der Waals surface area contributed by atoms with E-state index in [2.05, 4.69) is 0 Å². The molecule has 0 amide bonds. The maximum Gasteiger partial charge on any atom is 0.270 e. The van der Waals surface area contributed by atoms with Gasteiger partial charge in [-0.1, -0.05) is 18.2 Å². The fourth-order valence-electron chi connectivity index (χ4n) is 2.72. The number of aromatic nitrogens is 1. The molecule has 26 heavy (non-hydrogen) atoms. The molecule has 132 valence electrons. The predicted molar refractivity (Wildman–Crippen MR) is 99.3 cm³/mol. The van der Waals surface area contributed by atoms with Crippen LogP contribution in [0.25, 0.3) is 11.1 Å². The van der Waals surface area contributed by atoms with E-state index in [0.717, 1.165) is 11.1 Å². The summed E-state index contributed by atoms with van der Waals surface area (Å²) in [6, 6.07) is 14.9. The first kappa shape index (κ1) is 17.2.